The molecule has 6 aliphatic rings. The predicted octanol–water partition coefficient (Wildman–Crippen LogP) is 2.66. The minimum Gasteiger partial charge on any atom is -0.481 e. The molecule has 2 saturated heterocycles. The number of fused-ring (bicyclic) bond motifs is 5. The Hall–Kier alpha value is -1.94. The molecule has 13 nitrogen and oxygen atoms in total. The van der Waals surface area contributed by atoms with E-state index >= 15 is 0 Å². The van der Waals surface area contributed by atoms with Gasteiger partial charge in [0.05, 0.1) is 24.7 Å². The second-order valence-electron chi connectivity index (χ2n) is 17.5. The summed E-state index contributed by atoms with van der Waals surface area (Å²) in [5, 5.41) is 65.5. The van der Waals surface area contributed by atoms with Crippen LogP contribution in [0.15, 0.2) is 23.8 Å². The Morgan fingerprint density at radius 3 is 2.28 bits per heavy atom. The second kappa shape index (κ2) is 16.3. The van der Waals surface area contributed by atoms with Crippen LogP contribution >= 0.6 is 0 Å². The van der Waals surface area contributed by atoms with Crippen LogP contribution < -0.4 is 5.32 Å². The number of nitrogens with one attached hydrogen (secondary N) is 1. The highest BCUT2D eigenvalue weighted by Crippen LogP contribution is 2.67. The molecule has 13 heteroatoms. The quantitative estimate of drug-likeness (QED) is 0.144. The zero-order valence-electron chi connectivity index (χ0n) is 31.9. The van der Waals surface area contributed by atoms with Crippen molar-refractivity contribution < 1.29 is 59.2 Å². The number of ether oxygens (including phenoxy) is 4. The third-order valence-corrected chi connectivity index (χ3v) is 14.1. The molecule has 4 aliphatic carbocycles. The number of aliphatic carboxylic acids is 1. The number of amides is 1. The van der Waals surface area contributed by atoms with Crippen molar-refractivity contribution in [2.75, 3.05) is 13.2 Å². The molecule has 0 aromatic carbocycles. The number of hydrogen-bond donors (Lipinski definition) is 7. The van der Waals surface area contributed by atoms with Crippen molar-refractivity contribution in [2.24, 2.45) is 46.3 Å². The molecule has 3 saturated carbocycles. The van der Waals surface area contributed by atoms with Gasteiger partial charge in [-0.1, -0.05) is 51.5 Å². The lowest BCUT2D eigenvalue weighted by Crippen LogP contribution is -2.66. The first-order chi connectivity index (χ1) is 25.2. The summed E-state index contributed by atoms with van der Waals surface area (Å²) in [7, 11) is 0. The number of aliphatic hydroxyl groups excluding tert-OH is 5. The zero-order valence-corrected chi connectivity index (χ0v) is 31.9. The van der Waals surface area contributed by atoms with E-state index in [9.17, 15) is 40.2 Å². The molecule has 0 radical (unpaired) electrons. The summed E-state index contributed by atoms with van der Waals surface area (Å²) >= 11 is 0. The average Bonchev–Trinajstić information content (AvgIpc) is 3.61. The zero-order chi connectivity index (χ0) is 38.4. The molecule has 2 heterocycles. The summed E-state index contributed by atoms with van der Waals surface area (Å²) in [4.78, 5) is 25.9. The van der Waals surface area contributed by atoms with Gasteiger partial charge in [-0.05, 0) is 98.7 Å². The molecule has 2 aliphatic heterocycles. The maximum absolute atomic E-state index is 13.5. The molecule has 0 aromatic rings. The van der Waals surface area contributed by atoms with Crippen molar-refractivity contribution in [1.29, 1.82) is 0 Å². The van der Waals surface area contributed by atoms with Crippen molar-refractivity contribution in [3.05, 3.63) is 23.8 Å². The SMILES string of the molecule is CC(=O)NC1C(OC2CCC3(C(=O)O)C(=CCC4C3CCC3(C)C(C(C)C=CCC(C)C)CCC43)C2)OC(CO)C(O)C1OC1OC(CO)C(O)C1O. The molecule has 6 rings (SSSR count). The lowest BCUT2D eigenvalue weighted by Gasteiger charge is -2.58. The molecule has 53 heavy (non-hydrogen) atoms. The number of rotatable bonds is 12. The highest BCUT2D eigenvalue weighted by Gasteiger charge is 2.63. The van der Waals surface area contributed by atoms with Crippen LogP contribution in [0.25, 0.3) is 0 Å². The van der Waals surface area contributed by atoms with Crippen molar-refractivity contribution in [2.45, 2.75) is 154 Å². The summed E-state index contributed by atoms with van der Waals surface area (Å²) in [6.07, 6.45) is 2.91. The van der Waals surface area contributed by atoms with Crippen molar-refractivity contribution in [3.8, 4) is 0 Å². The van der Waals surface area contributed by atoms with Crippen LogP contribution in [-0.2, 0) is 28.5 Å². The molecule has 300 valence electrons. The van der Waals surface area contributed by atoms with Crippen LogP contribution in [0.1, 0.15) is 92.4 Å². The van der Waals surface area contributed by atoms with Crippen LogP contribution in [0.4, 0.5) is 0 Å². The van der Waals surface area contributed by atoms with Crippen molar-refractivity contribution >= 4 is 11.9 Å². The number of carbonyl (C=O) groups is 2. The third-order valence-electron chi connectivity index (χ3n) is 14.1. The van der Waals surface area contributed by atoms with E-state index < -0.39 is 91.9 Å². The van der Waals surface area contributed by atoms with E-state index in [4.69, 9.17) is 18.9 Å². The maximum Gasteiger partial charge on any atom is 0.314 e. The first kappa shape index (κ1) is 40.7. The number of carboxylic acids is 1. The molecule has 5 fully saturated rings. The summed E-state index contributed by atoms with van der Waals surface area (Å²) in [6, 6.07) is -1.13. The van der Waals surface area contributed by atoms with E-state index in [1.54, 1.807) is 0 Å². The highest BCUT2D eigenvalue weighted by molar-refractivity contribution is 5.80. The number of carbonyl (C=O) groups excluding carboxylic acids is 1. The van der Waals surface area contributed by atoms with Crippen LogP contribution in [0.2, 0.25) is 0 Å². The molecular weight excluding hydrogens is 686 g/mol. The fourth-order valence-electron chi connectivity index (χ4n) is 11.5. The largest absolute Gasteiger partial charge is 0.481 e. The standard InChI is InChI=1S/C40H63NO12/c1-20(2)7-6-8-21(3)26-11-12-27-25-10-9-23-17-24(13-16-40(23,38(48)49)28(25)14-15-39(26,27)5)50-36-31(41-22(4)44)35(33(46)30(19-43)51-36)53-37-34(47)32(45)29(18-42)52-37/h6,8-9,20-21,24-37,42-43,45-47H,7,10-19H2,1-5H3,(H,41,44)(H,48,49). The van der Waals surface area contributed by atoms with Gasteiger partial charge in [0.2, 0.25) is 5.91 Å². The number of hydrogen-bond acceptors (Lipinski definition) is 11. The van der Waals surface area contributed by atoms with Gasteiger partial charge in [-0.15, -0.1) is 0 Å². The number of aliphatic hydroxyl groups is 5. The monoisotopic (exact) mass is 749 g/mol. The van der Waals surface area contributed by atoms with E-state index in [0.29, 0.717) is 48.9 Å². The van der Waals surface area contributed by atoms with Gasteiger partial charge < -0.3 is 54.9 Å². The molecular formula is C40H63NO12. The second-order valence-corrected chi connectivity index (χ2v) is 17.5. The van der Waals surface area contributed by atoms with Crippen LogP contribution in [0.5, 0.6) is 0 Å². The fourth-order valence-corrected chi connectivity index (χ4v) is 11.5. The fraction of sp³-hybridized carbons (Fsp3) is 0.850. The molecule has 0 aromatic heterocycles. The minimum atomic E-state index is -1.56. The summed E-state index contributed by atoms with van der Waals surface area (Å²) in [5.41, 5.74) is 0.0645. The van der Waals surface area contributed by atoms with E-state index in [-0.39, 0.29) is 11.3 Å². The average molecular weight is 750 g/mol. The van der Waals surface area contributed by atoms with E-state index in [2.05, 4.69) is 51.2 Å². The van der Waals surface area contributed by atoms with Gasteiger partial charge in [0.1, 0.15) is 42.7 Å². The smallest absolute Gasteiger partial charge is 0.314 e. The van der Waals surface area contributed by atoms with E-state index in [1.807, 2.05) is 0 Å². The molecule has 17 unspecified atom stereocenters. The summed E-state index contributed by atoms with van der Waals surface area (Å²) in [5.74, 6) is 1.24. The molecule has 0 spiro atoms. The van der Waals surface area contributed by atoms with Gasteiger partial charge in [-0.2, -0.15) is 0 Å². The van der Waals surface area contributed by atoms with Crippen LogP contribution in [0.3, 0.4) is 0 Å². The molecule has 7 N–H and O–H groups in total. The Morgan fingerprint density at radius 1 is 0.943 bits per heavy atom. The third kappa shape index (κ3) is 7.51. The van der Waals surface area contributed by atoms with Gasteiger partial charge in [0, 0.05) is 6.92 Å². The normalized spacial score (nSPS) is 46.1. The van der Waals surface area contributed by atoms with Gasteiger partial charge in [0.15, 0.2) is 12.6 Å². The lowest BCUT2D eigenvalue weighted by atomic mass is 9.46. The summed E-state index contributed by atoms with van der Waals surface area (Å²) < 4.78 is 24.0. The Bertz CT molecular complexity index is 1370. The van der Waals surface area contributed by atoms with Gasteiger partial charge >= 0.3 is 5.97 Å². The van der Waals surface area contributed by atoms with Crippen LogP contribution in [0, 0.1) is 46.3 Å². The highest BCUT2D eigenvalue weighted by atomic mass is 16.7. The van der Waals surface area contributed by atoms with Crippen molar-refractivity contribution in [3.63, 3.8) is 0 Å². The first-order valence-corrected chi connectivity index (χ1v) is 19.9. The Kier molecular flexibility index (Phi) is 12.5. The summed E-state index contributed by atoms with van der Waals surface area (Å²) in [6.45, 7) is 9.38. The molecule has 17 atom stereocenters. The number of carboxylic acid groups (broad SMARTS) is 1. The molecule has 1 amide bonds. The number of allylic oxidation sites excluding steroid dienone is 3. The van der Waals surface area contributed by atoms with E-state index in [1.165, 1.54) is 13.3 Å². The van der Waals surface area contributed by atoms with E-state index in [0.717, 1.165) is 37.7 Å². The van der Waals surface area contributed by atoms with Crippen LogP contribution in [-0.4, -0.2) is 117 Å². The van der Waals surface area contributed by atoms with Gasteiger partial charge in [0.25, 0.3) is 0 Å². The minimum absolute atomic E-state index is 0.0326. The van der Waals surface area contributed by atoms with Gasteiger partial charge in [-0.25, -0.2) is 0 Å². The Morgan fingerprint density at radius 2 is 1.64 bits per heavy atom. The lowest BCUT2D eigenvalue weighted by molar-refractivity contribution is -0.312. The first-order valence-electron chi connectivity index (χ1n) is 19.9. The van der Waals surface area contributed by atoms with Gasteiger partial charge in [-0.3, -0.25) is 9.59 Å². The Labute approximate surface area is 313 Å². The maximum atomic E-state index is 13.5. The Balaban J connectivity index is 1.20. The predicted molar refractivity (Wildman–Crippen MR) is 192 cm³/mol. The topological polar surface area (TPSA) is 204 Å². The molecule has 0 bridgehead atoms. The van der Waals surface area contributed by atoms with Crippen molar-refractivity contribution in [1.82, 2.24) is 5.32 Å².